The molecule has 1 aliphatic heterocycles. The summed E-state index contributed by atoms with van der Waals surface area (Å²) in [6.45, 7) is 6.88. The fourth-order valence-corrected chi connectivity index (χ4v) is 1.76. The summed E-state index contributed by atoms with van der Waals surface area (Å²) in [5.41, 5.74) is 5.67. The molecule has 0 spiro atoms. The number of hydrogen-bond acceptors (Lipinski definition) is 3. The molecule has 1 atom stereocenters. The van der Waals surface area contributed by atoms with Crippen molar-refractivity contribution in [3.8, 4) is 0 Å². The van der Waals surface area contributed by atoms with Crippen LogP contribution in [0.1, 0.15) is 20.3 Å². The number of hydrogen-bond donors (Lipinski definition) is 2. The monoisotopic (exact) mass is 225 g/mol. The normalized spacial score (nSPS) is 21.4. The van der Waals surface area contributed by atoms with E-state index in [-0.39, 0.29) is 11.9 Å². The topological polar surface area (TPSA) is 58.4 Å². The maximum absolute atomic E-state index is 11.7. The zero-order valence-corrected chi connectivity index (χ0v) is 10.3. The molecule has 0 radical (unpaired) electrons. The SMILES string of the molecule is CC(C)CNC(=O)CN1CCC=CC1CN. The average molecular weight is 225 g/mol. The van der Waals surface area contributed by atoms with Crippen LogP contribution in [0.2, 0.25) is 0 Å². The number of nitrogens with one attached hydrogen (secondary N) is 1. The number of amides is 1. The van der Waals surface area contributed by atoms with E-state index in [9.17, 15) is 4.79 Å². The molecule has 3 N–H and O–H groups in total. The minimum absolute atomic E-state index is 0.0995. The molecule has 4 heteroatoms. The van der Waals surface area contributed by atoms with Crippen molar-refractivity contribution in [1.29, 1.82) is 0 Å². The Balaban J connectivity index is 2.34. The van der Waals surface area contributed by atoms with Gasteiger partial charge >= 0.3 is 0 Å². The lowest BCUT2D eigenvalue weighted by Crippen LogP contribution is -2.47. The van der Waals surface area contributed by atoms with Crippen molar-refractivity contribution in [3.63, 3.8) is 0 Å². The molecule has 0 aromatic carbocycles. The highest BCUT2D eigenvalue weighted by Crippen LogP contribution is 2.08. The molecule has 1 rings (SSSR count). The second-order valence-electron chi connectivity index (χ2n) is 4.69. The summed E-state index contributed by atoms with van der Waals surface area (Å²) < 4.78 is 0. The van der Waals surface area contributed by atoms with Gasteiger partial charge in [0, 0.05) is 25.7 Å². The number of nitrogens with two attached hydrogens (primary N) is 1. The van der Waals surface area contributed by atoms with E-state index in [0.29, 0.717) is 19.0 Å². The van der Waals surface area contributed by atoms with Crippen LogP contribution in [0, 0.1) is 5.92 Å². The Labute approximate surface area is 97.9 Å². The molecular weight excluding hydrogens is 202 g/mol. The van der Waals surface area contributed by atoms with Gasteiger partial charge in [0.1, 0.15) is 0 Å². The lowest BCUT2D eigenvalue weighted by atomic mass is 10.1. The molecule has 1 heterocycles. The lowest BCUT2D eigenvalue weighted by Gasteiger charge is -2.30. The third kappa shape index (κ3) is 4.33. The molecule has 0 aliphatic carbocycles. The van der Waals surface area contributed by atoms with Gasteiger partial charge in [-0.15, -0.1) is 0 Å². The Hall–Kier alpha value is -0.870. The van der Waals surface area contributed by atoms with Gasteiger partial charge in [-0.25, -0.2) is 0 Å². The summed E-state index contributed by atoms with van der Waals surface area (Å²) in [5, 5.41) is 2.93. The van der Waals surface area contributed by atoms with Crippen molar-refractivity contribution in [1.82, 2.24) is 10.2 Å². The Kier molecular flexibility index (Phi) is 5.49. The van der Waals surface area contributed by atoms with Crippen LogP contribution in [0.5, 0.6) is 0 Å². The fourth-order valence-electron chi connectivity index (χ4n) is 1.76. The highest BCUT2D eigenvalue weighted by Gasteiger charge is 2.19. The number of nitrogens with zero attached hydrogens (tertiary/aromatic N) is 1. The van der Waals surface area contributed by atoms with Crippen LogP contribution in [0.15, 0.2) is 12.2 Å². The van der Waals surface area contributed by atoms with E-state index in [2.05, 4.69) is 36.2 Å². The molecule has 4 nitrogen and oxygen atoms in total. The van der Waals surface area contributed by atoms with Gasteiger partial charge in [0.15, 0.2) is 0 Å². The van der Waals surface area contributed by atoms with Crippen LogP contribution in [-0.2, 0) is 4.79 Å². The van der Waals surface area contributed by atoms with Crippen LogP contribution < -0.4 is 11.1 Å². The summed E-state index contributed by atoms with van der Waals surface area (Å²) in [5.74, 6) is 0.595. The molecule has 0 saturated carbocycles. The second-order valence-corrected chi connectivity index (χ2v) is 4.69. The van der Waals surface area contributed by atoms with Gasteiger partial charge in [-0.05, 0) is 12.3 Å². The Morgan fingerprint density at radius 3 is 3.00 bits per heavy atom. The minimum atomic E-state index is 0.0995. The van der Waals surface area contributed by atoms with Gasteiger partial charge in [0.05, 0.1) is 6.54 Å². The van der Waals surface area contributed by atoms with Gasteiger partial charge in [0.25, 0.3) is 0 Å². The molecule has 0 saturated heterocycles. The minimum Gasteiger partial charge on any atom is -0.355 e. The smallest absolute Gasteiger partial charge is 0.234 e. The first kappa shape index (κ1) is 13.2. The van der Waals surface area contributed by atoms with Crippen molar-refractivity contribution >= 4 is 5.91 Å². The predicted molar refractivity (Wildman–Crippen MR) is 66.0 cm³/mol. The lowest BCUT2D eigenvalue weighted by molar-refractivity contribution is -0.122. The van der Waals surface area contributed by atoms with Crippen molar-refractivity contribution in [2.24, 2.45) is 11.7 Å². The summed E-state index contributed by atoms with van der Waals surface area (Å²) >= 11 is 0. The largest absolute Gasteiger partial charge is 0.355 e. The quantitative estimate of drug-likeness (QED) is 0.664. The molecule has 0 fully saturated rings. The second kappa shape index (κ2) is 6.66. The molecule has 1 amide bonds. The molecule has 1 aliphatic rings. The Morgan fingerprint density at radius 1 is 1.62 bits per heavy atom. The maximum atomic E-state index is 11.7. The van der Waals surface area contributed by atoms with Gasteiger partial charge in [-0.1, -0.05) is 26.0 Å². The predicted octanol–water partition coefficient (Wildman–Crippen LogP) is 0.348. The fraction of sp³-hybridized carbons (Fsp3) is 0.750. The molecule has 1 unspecified atom stereocenters. The summed E-state index contributed by atoms with van der Waals surface area (Å²) in [6.07, 6.45) is 5.24. The van der Waals surface area contributed by atoms with Gasteiger partial charge < -0.3 is 11.1 Å². The molecule has 0 bridgehead atoms. The number of rotatable bonds is 5. The van der Waals surface area contributed by atoms with Gasteiger partial charge in [-0.3, -0.25) is 9.69 Å². The summed E-state index contributed by atoms with van der Waals surface area (Å²) in [7, 11) is 0. The van der Waals surface area contributed by atoms with E-state index in [1.54, 1.807) is 0 Å². The van der Waals surface area contributed by atoms with Gasteiger partial charge in [-0.2, -0.15) is 0 Å². The third-order valence-electron chi connectivity index (χ3n) is 2.71. The van der Waals surface area contributed by atoms with E-state index in [4.69, 9.17) is 5.73 Å². The highest BCUT2D eigenvalue weighted by molar-refractivity contribution is 5.78. The van der Waals surface area contributed by atoms with Crippen molar-refractivity contribution < 1.29 is 4.79 Å². The van der Waals surface area contributed by atoms with E-state index in [1.807, 2.05) is 0 Å². The molecule has 0 aromatic rings. The highest BCUT2D eigenvalue weighted by atomic mass is 16.2. The average Bonchev–Trinajstić information content (AvgIpc) is 2.27. The van der Waals surface area contributed by atoms with E-state index in [0.717, 1.165) is 19.5 Å². The Morgan fingerprint density at radius 2 is 2.38 bits per heavy atom. The van der Waals surface area contributed by atoms with E-state index < -0.39 is 0 Å². The van der Waals surface area contributed by atoms with Crippen molar-refractivity contribution in [3.05, 3.63) is 12.2 Å². The molecular formula is C12H23N3O. The van der Waals surface area contributed by atoms with Gasteiger partial charge in [0.2, 0.25) is 5.91 Å². The van der Waals surface area contributed by atoms with Crippen LogP contribution in [0.25, 0.3) is 0 Å². The summed E-state index contributed by atoms with van der Waals surface area (Å²) in [6, 6.07) is 0.221. The van der Waals surface area contributed by atoms with Crippen LogP contribution in [0.3, 0.4) is 0 Å². The zero-order chi connectivity index (χ0) is 12.0. The standard InChI is InChI=1S/C12H23N3O/c1-10(2)8-14-12(16)9-15-6-4-3-5-11(15)7-13/h3,5,10-11H,4,6-9,13H2,1-2H3,(H,14,16). The van der Waals surface area contributed by atoms with Crippen LogP contribution in [0.4, 0.5) is 0 Å². The van der Waals surface area contributed by atoms with Crippen molar-refractivity contribution in [2.75, 3.05) is 26.2 Å². The molecule has 0 aromatic heterocycles. The first-order valence-corrected chi connectivity index (χ1v) is 6.01. The van der Waals surface area contributed by atoms with Crippen molar-refractivity contribution in [2.45, 2.75) is 26.3 Å². The zero-order valence-electron chi connectivity index (χ0n) is 10.3. The van der Waals surface area contributed by atoms with E-state index >= 15 is 0 Å². The first-order chi connectivity index (χ1) is 7.63. The Bertz CT molecular complexity index is 251. The number of carbonyl (C=O) groups is 1. The molecule has 16 heavy (non-hydrogen) atoms. The maximum Gasteiger partial charge on any atom is 0.234 e. The number of carbonyl (C=O) groups excluding carboxylic acids is 1. The van der Waals surface area contributed by atoms with E-state index in [1.165, 1.54) is 0 Å². The summed E-state index contributed by atoms with van der Waals surface area (Å²) in [4.78, 5) is 13.8. The first-order valence-electron chi connectivity index (χ1n) is 6.01. The molecule has 92 valence electrons. The van der Waals surface area contributed by atoms with Crippen LogP contribution in [-0.4, -0.2) is 43.0 Å². The third-order valence-corrected chi connectivity index (χ3v) is 2.71. The van der Waals surface area contributed by atoms with Crippen LogP contribution >= 0.6 is 0 Å².